The minimum Gasteiger partial charge on any atom is -0.399 e. The van der Waals surface area contributed by atoms with Crippen LogP contribution in [0.3, 0.4) is 0 Å². The Bertz CT molecular complexity index is 626. The van der Waals surface area contributed by atoms with Crippen LogP contribution in [0.4, 0.5) is 21.5 Å². The zero-order valence-corrected chi connectivity index (χ0v) is 10.5. The van der Waals surface area contributed by atoms with Crippen molar-refractivity contribution in [1.82, 2.24) is 0 Å². The van der Waals surface area contributed by atoms with Gasteiger partial charge in [0, 0.05) is 22.0 Å². The van der Waals surface area contributed by atoms with Crippen LogP contribution in [0.25, 0.3) is 0 Å². The lowest BCUT2D eigenvalue weighted by Gasteiger charge is -2.08. The summed E-state index contributed by atoms with van der Waals surface area (Å²) in [6, 6.07) is 8.42. The van der Waals surface area contributed by atoms with Crippen molar-refractivity contribution >= 4 is 34.6 Å². The molecule has 0 aliphatic heterocycles. The van der Waals surface area contributed by atoms with Crippen LogP contribution in [-0.4, -0.2) is 5.91 Å². The van der Waals surface area contributed by atoms with E-state index in [0.717, 1.165) is 6.07 Å². The van der Waals surface area contributed by atoms with E-state index in [0.29, 0.717) is 11.4 Å². The van der Waals surface area contributed by atoms with Gasteiger partial charge in [-0.15, -0.1) is 0 Å². The van der Waals surface area contributed by atoms with Crippen LogP contribution in [0.2, 0.25) is 5.02 Å². The number of hydrogen-bond acceptors (Lipinski definition) is 3. The highest BCUT2D eigenvalue weighted by atomic mass is 35.5. The molecule has 2 rings (SSSR count). The summed E-state index contributed by atoms with van der Waals surface area (Å²) in [5.74, 6) is -1.11. The van der Waals surface area contributed by atoms with Gasteiger partial charge in [-0.05, 0) is 36.4 Å². The number of benzene rings is 2. The molecule has 2 aromatic rings. The summed E-state index contributed by atoms with van der Waals surface area (Å²) in [6.45, 7) is 0. The van der Waals surface area contributed by atoms with Crippen molar-refractivity contribution in [1.29, 1.82) is 0 Å². The zero-order valence-electron chi connectivity index (χ0n) is 9.78. The molecule has 98 valence electrons. The van der Waals surface area contributed by atoms with Crippen molar-refractivity contribution in [3.05, 3.63) is 52.8 Å². The molecule has 0 aliphatic rings. The van der Waals surface area contributed by atoms with Crippen LogP contribution in [0.15, 0.2) is 36.4 Å². The van der Waals surface area contributed by atoms with Crippen molar-refractivity contribution < 1.29 is 9.18 Å². The van der Waals surface area contributed by atoms with E-state index >= 15 is 0 Å². The molecule has 6 heteroatoms. The Morgan fingerprint density at radius 3 is 2.32 bits per heavy atom. The van der Waals surface area contributed by atoms with E-state index in [1.54, 1.807) is 0 Å². The van der Waals surface area contributed by atoms with Gasteiger partial charge in [-0.3, -0.25) is 4.79 Å². The second kappa shape index (κ2) is 5.16. The molecule has 0 aromatic heterocycles. The zero-order chi connectivity index (χ0) is 14.0. The lowest BCUT2D eigenvalue weighted by molar-refractivity contribution is 0.102. The van der Waals surface area contributed by atoms with Crippen molar-refractivity contribution in [2.24, 2.45) is 0 Å². The average Bonchev–Trinajstić information content (AvgIpc) is 2.31. The molecule has 5 N–H and O–H groups in total. The predicted octanol–water partition coefficient (Wildman–Crippen LogP) is 2.90. The van der Waals surface area contributed by atoms with Crippen molar-refractivity contribution in [3.8, 4) is 0 Å². The highest BCUT2D eigenvalue weighted by molar-refractivity contribution is 6.30. The topological polar surface area (TPSA) is 81.1 Å². The minimum absolute atomic E-state index is 0.0374. The molecule has 0 unspecified atom stereocenters. The maximum absolute atomic E-state index is 13.5. The maximum Gasteiger partial charge on any atom is 0.255 e. The van der Waals surface area contributed by atoms with Gasteiger partial charge in [0.2, 0.25) is 0 Å². The molecule has 0 aliphatic carbocycles. The van der Waals surface area contributed by atoms with Crippen molar-refractivity contribution in [2.45, 2.75) is 0 Å². The summed E-state index contributed by atoms with van der Waals surface area (Å²) in [5, 5.41) is 2.68. The maximum atomic E-state index is 13.5. The molecule has 2 aromatic carbocycles. The van der Waals surface area contributed by atoms with Gasteiger partial charge in [0.15, 0.2) is 0 Å². The lowest BCUT2D eigenvalue weighted by atomic mass is 10.1. The fourth-order valence-corrected chi connectivity index (χ4v) is 1.75. The van der Waals surface area contributed by atoms with Gasteiger partial charge in [-0.2, -0.15) is 0 Å². The molecule has 0 saturated carbocycles. The molecule has 0 radical (unpaired) electrons. The van der Waals surface area contributed by atoms with Gasteiger partial charge in [0.1, 0.15) is 5.82 Å². The predicted molar refractivity (Wildman–Crippen MR) is 74.6 cm³/mol. The smallest absolute Gasteiger partial charge is 0.255 e. The van der Waals surface area contributed by atoms with E-state index < -0.39 is 11.7 Å². The van der Waals surface area contributed by atoms with Gasteiger partial charge in [-0.1, -0.05) is 11.6 Å². The Morgan fingerprint density at radius 2 is 1.74 bits per heavy atom. The first-order valence-corrected chi connectivity index (χ1v) is 5.76. The summed E-state index contributed by atoms with van der Waals surface area (Å²) in [5.41, 5.74) is 12.2. The summed E-state index contributed by atoms with van der Waals surface area (Å²) in [6.07, 6.45) is 0. The number of nitrogens with one attached hydrogen (secondary N) is 1. The standard InChI is InChI=1S/C13H11ClFN3O/c14-8-1-2-12(11(15)5-8)18-13(19)7-3-9(16)6-10(17)4-7/h1-6H,16-17H2,(H,18,19). The summed E-state index contributed by atoms with van der Waals surface area (Å²) >= 11 is 5.63. The molecule has 0 spiro atoms. The molecule has 0 fully saturated rings. The van der Waals surface area contributed by atoms with E-state index in [9.17, 15) is 9.18 Å². The lowest BCUT2D eigenvalue weighted by Crippen LogP contribution is -2.13. The Balaban J connectivity index is 2.25. The largest absolute Gasteiger partial charge is 0.399 e. The SMILES string of the molecule is Nc1cc(N)cc(C(=O)Nc2ccc(Cl)cc2F)c1. The molecule has 0 bridgehead atoms. The highest BCUT2D eigenvalue weighted by Gasteiger charge is 2.10. The number of rotatable bonds is 2. The van der Waals surface area contributed by atoms with E-state index in [2.05, 4.69) is 5.32 Å². The first kappa shape index (κ1) is 13.2. The van der Waals surface area contributed by atoms with Crippen molar-refractivity contribution in [3.63, 3.8) is 0 Å². The second-order valence-corrected chi connectivity index (χ2v) is 4.40. The van der Waals surface area contributed by atoms with Gasteiger partial charge in [0.05, 0.1) is 5.69 Å². The minimum atomic E-state index is -0.613. The molecular weight excluding hydrogens is 269 g/mol. The molecule has 4 nitrogen and oxygen atoms in total. The Morgan fingerprint density at radius 1 is 1.11 bits per heavy atom. The third kappa shape index (κ3) is 3.14. The van der Waals surface area contributed by atoms with Gasteiger partial charge >= 0.3 is 0 Å². The van der Waals surface area contributed by atoms with Crippen LogP contribution in [0, 0.1) is 5.82 Å². The highest BCUT2D eigenvalue weighted by Crippen LogP contribution is 2.20. The summed E-state index contributed by atoms with van der Waals surface area (Å²) in [4.78, 5) is 11.9. The molecule has 0 atom stereocenters. The average molecular weight is 280 g/mol. The number of carbonyl (C=O) groups is 1. The number of carbonyl (C=O) groups excluding carboxylic acids is 1. The van der Waals surface area contributed by atoms with Gasteiger partial charge in [0.25, 0.3) is 5.91 Å². The summed E-state index contributed by atoms with van der Waals surface area (Å²) in [7, 11) is 0. The van der Waals surface area contributed by atoms with Crippen LogP contribution in [0.5, 0.6) is 0 Å². The number of anilines is 3. The van der Waals surface area contributed by atoms with Crippen LogP contribution in [0.1, 0.15) is 10.4 Å². The number of halogens is 2. The monoisotopic (exact) mass is 279 g/mol. The molecule has 19 heavy (non-hydrogen) atoms. The van der Waals surface area contributed by atoms with E-state index in [-0.39, 0.29) is 16.3 Å². The fraction of sp³-hybridized carbons (Fsp3) is 0. The van der Waals surface area contributed by atoms with Crippen LogP contribution >= 0.6 is 11.6 Å². The Hall–Kier alpha value is -2.27. The third-order valence-corrected chi connectivity index (χ3v) is 2.65. The normalized spacial score (nSPS) is 10.2. The van der Waals surface area contributed by atoms with Crippen LogP contribution < -0.4 is 16.8 Å². The Labute approximate surface area is 114 Å². The first-order chi connectivity index (χ1) is 8.95. The van der Waals surface area contributed by atoms with E-state index in [1.807, 2.05) is 0 Å². The second-order valence-electron chi connectivity index (χ2n) is 3.97. The molecule has 1 amide bonds. The first-order valence-electron chi connectivity index (χ1n) is 5.38. The number of nitrogens with two attached hydrogens (primary N) is 2. The number of nitrogen functional groups attached to an aromatic ring is 2. The Kier molecular flexibility index (Phi) is 3.57. The van der Waals surface area contributed by atoms with Crippen molar-refractivity contribution in [2.75, 3.05) is 16.8 Å². The summed E-state index contributed by atoms with van der Waals surface area (Å²) < 4.78 is 13.5. The fourth-order valence-electron chi connectivity index (χ4n) is 1.59. The van der Waals surface area contributed by atoms with Gasteiger partial charge in [-0.25, -0.2) is 4.39 Å². The van der Waals surface area contributed by atoms with Gasteiger partial charge < -0.3 is 16.8 Å². The number of hydrogen-bond donors (Lipinski definition) is 3. The molecule has 0 saturated heterocycles. The molecular formula is C13H11ClFN3O. The van der Waals surface area contributed by atoms with E-state index in [1.165, 1.54) is 30.3 Å². The molecule has 0 heterocycles. The number of amides is 1. The quantitative estimate of drug-likeness (QED) is 0.739. The third-order valence-electron chi connectivity index (χ3n) is 2.42. The van der Waals surface area contributed by atoms with E-state index in [4.69, 9.17) is 23.1 Å². The van der Waals surface area contributed by atoms with Crippen LogP contribution in [-0.2, 0) is 0 Å².